The number of carbonyl (C=O) groups is 3. The Bertz CT molecular complexity index is 620. The third-order valence-electron chi connectivity index (χ3n) is 4.71. The lowest BCUT2D eigenvalue weighted by atomic mass is 9.89. The Labute approximate surface area is 180 Å². The van der Waals surface area contributed by atoms with E-state index in [9.17, 15) is 19.5 Å². The van der Waals surface area contributed by atoms with Gasteiger partial charge in [-0.2, -0.15) is 0 Å². The first-order valence-electron chi connectivity index (χ1n) is 10.7. The van der Waals surface area contributed by atoms with E-state index in [1.807, 2.05) is 13.8 Å². The first-order valence-corrected chi connectivity index (χ1v) is 10.7. The topological polar surface area (TPSA) is 105 Å². The van der Waals surface area contributed by atoms with Gasteiger partial charge < -0.3 is 19.9 Å². The quantitative estimate of drug-likeness (QED) is 0.630. The Morgan fingerprint density at radius 3 is 2.00 bits per heavy atom. The molecule has 1 fully saturated rings. The first-order chi connectivity index (χ1) is 13.6. The molecule has 1 aliphatic rings. The van der Waals surface area contributed by atoms with Crippen molar-refractivity contribution in [1.82, 2.24) is 10.2 Å². The number of hydrogen-bond donors (Lipinski definition) is 2. The molecule has 0 spiro atoms. The maximum absolute atomic E-state index is 13.2. The average molecular weight is 429 g/mol. The van der Waals surface area contributed by atoms with E-state index in [-0.39, 0.29) is 24.9 Å². The molecule has 0 radical (unpaired) electrons. The Hall–Kier alpha value is -1.83. The number of nitrogens with one attached hydrogen (secondary N) is 1. The molecule has 0 saturated carbocycles. The lowest BCUT2D eigenvalue weighted by Crippen LogP contribution is -2.57. The van der Waals surface area contributed by atoms with Crippen LogP contribution in [0.1, 0.15) is 75.2 Å². The van der Waals surface area contributed by atoms with Gasteiger partial charge in [-0.3, -0.25) is 9.69 Å². The van der Waals surface area contributed by atoms with Crippen LogP contribution in [-0.2, 0) is 19.1 Å². The van der Waals surface area contributed by atoms with Crippen LogP contribution in [0.15, 0.2) is 0 Å². The number of aliphatic hydroxyl groups is 1. The summed E-state index contributed by atoms with van der Waals surface area (Å²) in [5.41, 5.74) is -1.49. The summed E-state index contributed by atoms with van der Waals surface area (Å²) in [4.78, 5) is 39.4. The predicted molar refractivity (Wildman–Crippen MR) is 114 cm³/mol. The van der Waals surface area contributed by atoms with Gasteiger partial charge in [-0.05, 0) is 60.3 Å². The highest BCUT2D eigenvalue weighted by Gasteiger charge is 2.52. The van der Waals surface area contributed by atoms with E-state index < -0.39 is 47.3 Å². The van der Waals surface area contributed by atoms with Gasteiger partial charge in [0.15, 0.2) is 0 Å². The van der Waals surface area contributed by atoms with E-state index in [2.05, 4.69) is 5.32 Å². The molecule has 4 atom stereocenters. The van der Waals surface area contributed by atoms with Crippen molar-refractivity contribution < 1.29 is 29.0 Å². The molecule has 0 bridgehead atoms. The lowest BCUT2D eigenvalue weighted by Gasteiger charge is -2.38. The van der Waals surface area contributed by atoms with Gasteiger partial charge in [-0.25, -0.2) is 9.59 Å². The van der Waals surface area contributed by atoms with Crippen molar-refractivity contribution in [1.29, 1.82) is 0 Å². The molecule has 1 aliphatic heterocycles. The van der Waals surface area contributed by atoms with Gasteiger partial charge in [0, 0.05) is 25.5 Å². The molecule has 30 heavy (non-hydrogen) atoms. The highest BCUT2D eigenvalue weighted by molar-refractivity contribution is 5.83. The Balaban J connectivity index is 3.41. The normalized spacial score (nSPS) is 23.3. The number of esters is 1. The van der Waals surface area contributed by atoms with E-state index in [4.69, 9.17) is 9.47 Å². The van der Waals surface area contributed by atoms with Crippen molar-refractivity contribution in [2.24, 2.45) is 11.8 Å². The lowest BCUT2D eigenvalue weighted by molar-refractivity contribution is -0.160. The summed E-state index contributed by atoms with van der Waals surface area (Å²) in [7, 11) is 0. The average Bonchev–Trinajstić information content (AvgIpc) is 2.89. The Morgan fingerprint density at radius 1 is 1.07 bits per heavy atom. The minimum atomic E-state index is -0.898. The number of rotatable bonds is 6. The third kappa shape index (κ3) is 7.78. The van der Waals surface area contributed by atoms with E-state index >= 15 is 0 Å². The molecule has 174 valence electrons. The molecule has 0 aromatic carbocycles. The van der Waals surface area contributed by atoms with E-state index in [1.165, 1.54) is 11.8 Å². The van der Waals surface area contributed by atoms with Gasteiger partial charge in [0.2, 0.25) is 5.91 Å². The predicted octanol–water partition coefficient (Wildman–Crippen LogP) is 2.87. The molecule has 1 rings (SSSR count). The fourth-order valence-corrected chi connectivity index (χ4v) is 3.88. The zero-order valence-electron chi connectivity index (χ0n) is 19.9. The zero-order valence-corrected chi connectivity index (χ0v) is 19.9. The van der Waals surface area contributed by atoms with Crippen molar-refractivity contribution in [2.75, 3.05) is 6.61 Å². The molecular weight excluding hydrogens is 388 g/mol. The molecule has 0 aliphatic carbocycles. The second-order valence-corrected chi connectivity index (χ2v) is 10.5. The summed E-state index contributed by atoms with van der Waals surface area (Å²) in [5.74, 6) is -0.949. The van der Waals surface area contributed by atoms with E-state index in [0.717, 1.165) is 0 Å². The van der Waals surface area contributed by atoms with Crippen molar-refractivity contribution in [3.8, 4) is 0 Å². The Kier molecular flexibility index (Phi) is 8.72. The smallest absolute Gasteiger partial charge is 0.411 e. The largest absolute Gasteiger partial charge is 0.458 e. The molecule has 0 unspecified atom stereocenters. The van der Waals surface area contributed by atoms with Crippen LogP contribution >= 0.6 is 0 Å². The van der Waals surface area contributed by atoms with Gasteiger partial charge in [-0.1, -0.05) is 13.8 Å². The van der Waals surface area contributed by atoms with Crippen molar-refractivity contribution >= 4 is 18.0 Å². The summed E-state index contributed by atoms with van der Waals surface area (Å²) >= 11 is 0. The van der Waals surface area contributed by atoms with Gasteiger partial charge >= 0.3 is 12.1 Å². The minimum absolute atomic E-state index is 0.224. The fourth-order valence-electron chi connectivity index (χ4n) is 3.88. The third-order valence-corrected chi connectivity index (χ3v) is 4.71. The van der Waals surface area contributed by atoms with Crippen LogP contribution < -0.4 is 5.32 Å². The monoisotopic (exact) mass is 428 g/mol. The molecule has 8 nitrogen and oxygen atoms in total. The van der Waals surface area contributed by atoms with Crippen molar-refractivity contribution in [3.05, 3.63) is 0 Å². The molecule has 2 amide bonds. The van der Waals surface area contributed by atoms with Crippen LogP contribution in [0.4, 0.5) is 4.79 Å². The molecule has 2 N–H and O–H groups in total. The van der Waals surface area contributed by atoms with Crippen LogP contribution in [0.3, 0.4) is 0 Å². The number of ether oxygens (including phenoxy) is 2. The SMILES string of the molecule is CC(=O)N[C@@H](CC(C)C)[C@H]1[C@H](CO)C[C@H](C(=O)OC(C)(C)C)N1C(=O)OC(C)(C)C. The van der Waals surface area contributed by atoms with Crippen molar-refractivity contribution in [2.45, 2.75) is 104 Å². The number of amides is 2. The van der Waals surface area contributed by atoms with Gasteiger partial charge in [-0.15, -0.1) is 0 Å². The summed E-state index contributed by atoms with van der Waals surface area (Å²) in [6, 6.07) is -1.92. The standard InChI is InChI=1S/C22H40N2O6/c1-13(2)10-16(23-14(3)26)18-15(12-25)11-17(19(27)29-21(4,5)6)24(18)20(28)30-22(7,8)9/h13,15-18,25H,10-12H2,1-9H3,(H,23,26)/t15-,16-,17+,18+/m0/s1. The van der Waals surface area contributed by atoms with Crippen LogP contribution in [0.2, 0.25) is 0 Å². The zero-order chi connectivity index (χ0) is 23.4. The highest BCUT2D eigenvalue weighted by Crippen LogP contribution is 2.36. The van der Waals surface area contributed by atoms with Crippen LogP contribution in [0.25, 0.3) is 0 Å². The summed E-state index contributed by atoms with van der Waals surface area (Å²) in [5, 5.41) is 13.0. The number of nitrogens with zero attached hydrogens (tertiary/aromatic N) is 1. The second-order valence-electron chi connectivity index (χ2n) is 10.5. The molecule has 1 heterocycles. The number of aliphatic hydroxyl groups excluding tert-OH is 1. The molecule has 8 heteroatoms. The van der Waals surface area contributed by atoms with Crippen molar-refractivity contribution in [3.63, 3.8) is 0 Å². The van der Waals surface area contributed by atoms with Crippen LogP contribution in [0.5, 0.6) is 0 Å². The molecule has 0 aromatic rings. The van der Waals surface area contributed by atoms with Crippen LogP contribution in [0, 0.1) is 11.8 Å². The van der Waals surface area contributed by atoms with E-state index in [0.29, 0.717) is 6.42 Å². The molecular formula is C22H40N2O6. The molecule has 1 saturated heterocycles. The summed E-state index contributed by atoms with van der Waals surface area (Å²) in [6.45, 7) is 15.8. The van der Waals surface area contributed by atoms with Gasteiger partial charge in [0.05, 0.1) is 6.04 Å². The maximum atomic E-state index is 13.2. The number of likely N-dealkylation sites (tertiary alicyclic amines) is 1. The summed E-state index contributed by atoms with van der Waals surface area (Å²) < 4.78 is 11.2. The van der Waals surface area contributed by atoms with E-state index in [1.54, 1.807) is 41.5 Å². The van der Waals surface area contributed by atoms with Gasteiger partial charge in [0.1, 0.15) is 17.2 Å². The highest BCUT2D eigenvalue weighted by atomic mass is 16.6. The second kappa shape index (κ2) is 9.98. The minimum Gasteiger partial charge on any atom is -0.458 e. The number of carbonyl (C=O) groups excluding carboxylic acids is 3. The first kappa shape index (κ1) is 26.2. The maximum Gasteiger partial charge on any atom is 0.411 e. The fraction of sp³-hybridized carbons (Fsp3) is 0.864. The number of hydrogen-bond acceptors (Lipinski definition) is 6. The Morgan fingerprint density at radius 2 is 1.60 bits per heavy atom. The summed E-state index contributed by atoms with van der Waals surface area (Å²) in [6.07, 6.45) is 0.170. The van der Waals surface area contributed by atoms with Crippen LogP contribution in [-0.4, -0.2) is 63.9 Å². The molecule has 0 aromatic heterocycles. The van der Waals surface area contributed by atoms with Gasteiger partial charge in [0.25, 0.3) is 0 Å².